The quantitative estimate of drug-likeness (QED) is 0.643. The van der Waals surface area contributed by atoms with E-state index in [-0.39, 0.29) is 6.54 Å². The van der Waals surface area contributed by atoms with E-state index >= 15 is 0 Å². The largest absolute Gasteiger partial charge is 0.357 e. The van der Waals surface area contributed by atoms with Crippen LogP contribution in [0.1, 0.15) is 23.8 Å². The average Bonchev–Trinajstić information content (AvgIpc) is 2.59. The Hall–Kier alpha value is -1.59. The smallest absolute Gasteiger partial charge is 0.242 e. The highest BCUT2D eigenvalue weighted by Crippen LogP contribution is 2.16. The second-order valence-corrected chi connectivity index (χ2v) is 3.30. The predicted octanol–water partition coefficient (Wildman–Crippen LogP) is -1.14. The lowest BCUT2D eigenvalue weighted by molar-refractivity contribution is -0.138. The van der Waals surface area contributed by atoms with Gasteiger partial charge in [0.2, 0.25) is 17.7 Å². The van der Waals surface area contributed by atoms with Gasteiger partial charge in [0.05, 0.1) is 6.54 Å². The van der Waals surface area contributed by atoms with Crippen LogP contribution in [-0.2, 0) is 14.4 Å². The molecule has 4 atom stereocenters. The van der Waals surface area contributed by atoms with Gasteiger partial charge in [-0.05, 0) is 12.8 Å². The van der Waals surface area contributed by atoms with Gasteiger partial charge in [-0.1, -0.05) is 0 Å². The van der Waals surface area contributed by atoms with Gasteiger partial charge in [0, 0.05) is 24.6 Å². The summed E-state index contributed by atoms with van der Waals surface area (Å²) in [5, 5.41) is 4.60. The van der Waals surface area contributed by atoms with Crippen molar-refractivity contribution in [3.05, 3.63) is 0 Å². The van der Waals surface area contributed by atoms with Gasteiger partial charge in [-0.15, -0.1) is 0 Å². The molecule has 0 aromatic rings. The van der Waals surface area contributed by atoms with Crippen molar-refractivity contribution in [2.45, 2.75) is 25.8 Å². The number of carbonyl (C=O) groups excluding carboxylic acids is 3. The van der Waals surface area contributed by atoms with Crippen LogP contribution in [-0.4, -0.2) is 48.8 Å². The van der Waals surface area contributed by atoms with Crippen LogP contribution in [0.4, 0.5) is 0 Å². The van der Waals surface area contributed by atoms with Crippen LogP contribution in [0, 0.1) is 0 Å². The van der Waals surface area contributed by atoms with Gasteiger partial charge in [-0.25, -0.2) is 0 Å². The van der Waals surface area contributed by atoms with E-state index in [0.29, 0.717) is 0 Å². The maximum Gasteiger partial charge on any atom is 0.242 e. The minimum atomic E-state index is -1.29. The third kappa shape index (κ3) is 2.95. The zero-order chi connectivity index (χ0) is 14.7. The van der Waals surface area contributed by atoms with Gasteiger partial charge in [0.25, 0.3) is 0 Å². The average molecular weight is 230 g/mol. The highest BCUT2D eigenvalue weighted by atomic mass is 16.2. The summed E-state index contributed by atoms with van der Waals surface area (Å²) in [6, 6.07) is -1.17. The van der Waals surface area contributed by atoms with Crippen molar-refractivity contribution in [3.63, 3.8) is 0 Å². The molecule has 0 saturated carbocycles. The lowest BCUT2D eigenvalue weighted by Crippen LogP contribution is -2.48. The van der Waals surface area contributed by atoms with Crippen molar-refractivity contribution in [2.24, 2.45) is 0 Å². The molecule has 90 valence electrons. The first-order valence-electron chi connectivity index (χ1n) is 6.58. The molecule has 0 aromatic carbocycles. The number of amides is 3. The van der Waals surface area contributed by atoms with Crippen molar-refractivity contribution in [1.82, 2.24) is 15.5 Å². The first-order valence-corrected chi connectivity index (χ1v) is 4.85. The summed E-state index contributed by atoms with van der Waals surface area (Å²) in [5.41, 5.74) is 0. The van der Waals surface area contributed by atoms with E-state index in [4.69, 9.17) is 4.11 Å². The summed E-state index contributed by atoms with van der Waals surface area (Å²) in [6.45, 7) is -0.393. The van der Waals surface area contributed by atoms with Crippen molar-refractivity contribution in [1.29, 1.82) is 0 Å². The Bertz CT molecular complexity index is 393. The monoisotopic (exact) mass is 230 g/mol. The molecule has 1 rings (SSSR count). The molecule has 1 aliphatic rings. The minimum Gasteiger partial charge on any atom is -0.357 e. The van der Waals surface area contributed by atoms with Crippen molar-refractivity contribution in [3.8, 4) is 0 Å². The van der Waals surface area contributed by atoms with Crippen LogP contribution < -0.4 is 10.6 Å². The molecule has 6 nitrogen and oxygen atoms in total. The zero-order valence-electron chi connectivity index (χ0n) is 12.2. The number of hydrogen-bond acceptors (Lipinski definition) is 3. The molecule has 0 unspecified atom stereocenters. The van der Waals surface area contributed by atoms with E-state index in [0.717, 1.165) is 4.90 Å². The van der Waals surface area contributed by atoms with Gasteiger partial charge >= 0.3 is 0 Å². The number of nitrogens with one attached hydrogen (secondary N) is 2. The Morgan fingerprint density at radius 3 is 2.75 bits per heavy atom. The molecule has 1 saturated heterocycles. The Morgan fingerprint density at radius 2 is 2.19 bits per heavy atom. The number of hydrogen-bond donors (Lipinski definition) is 2. The van der Waals surface area contributed by atoms with Gasteiger partial charge in [0.1, 0.15) is 6.04 Å². The standard InChI is InChI=1S/C10H17N3O3/c1-7(14)12-6-9(15)13-5-3-4-8(13)10(16)11-2/h8H,3-6H2,1-2H3,(H,11,16)(H,12,14)/t8-/m1/s1/i3D,4D,5D/t3-,4+,5+,8+/m0. The van der Waals surface area contributed by atoms with Crippen LogP contribution in [0.2, 0.25) is 0 Å². The highest BCUT2D eigenvalue weighted by molar-refractivity contribution is 5.90. The normalized spacial score (nSPS) is 35.9. The fourth-order valence-electron chi connectivity index (χ4n) is 1.32. The Balaban J connectivity index is 2.90. The molecular formula is C10H17N3O3. The summed E-state index contributed by atoms with van der Waals surface area (Å²) in [5.74, 6) is -1.63. The highest BCUT2D eigenvalue weighted by Gasteiger charge is 2.33. The predicted molar refractivity (Wildman–Crippen MR) is 57.5 cm³/mol. The molecule has 1 aliphatic heterocycles. The molecule has 3 amide bonds. The van der Waals surface area contributed by atoms with E-state index in [1.165, 1.54) is 14.0 Å². The van der Waals surface area contributed by atoms with E-state index in [2.05, 4.69) is 10.6 Å². The zero-order valence-corrected chi connectivity index (χ0v) is 9.19. The Morgan fingerprint density at radius 1 is 1.50 bits per heavy atom. The summed E-state index contributed by atoms with van der Waals surface area (Å²) in [6.07, 6.45) is -2.35. The van der Waals surface area contributed by atoms with Crippen molar-refractivity contribution >= 4 is 17.7 Å². The molecule has 0 spiro atoms. The fraction of sp³-hybridized carbons (Fsp3) is 0.700. The molecule has 1 fully saturated rings. The summed E-state index contributed by atoms with van der Waals surface area (Å²) < 4.78 is 23.1. The topological polar surface area (TPSA) is 78.5 Å². The van der Waals surface area contributed by atoms with E-state index in [1.54, 1.807) is 0 Å². The van der Waals surface area contributed by atoms with Crippen LogP contribution in [0.5, 0.6) is 0 Å². The summed E-state index contributed by atoms with van der Waals surface area (Å²) in [7, 11) is 1.36. The third-order valence-electron chi connectivity index (χ3n) is 2.13. The molecule has 16 heavy (non-hydrogen) atoms. The van der Waals surface area contributed by atoms with E-state index in [9.17, 15) is 14.4 Å². The van der Waals surface area contributed by atoms with E-state index in [1.807, 2.05) is 0 Å². The van der Waals surface area contributed by atoms with Gasteiger partial charge in [0.15, 0.2) is 0 Å². The molecule has 0 aromatic heterocycles. The first-order chi connectivity index (χ1) is 8.81. The van der Waals surface area contributed by atoms with Crippen LogP contribution in [0.15, 0.2) is 0 Å². The minimum absolute atomic E-state index is 0.350. The fourth-order valence-corrected chi connectivity index (χ4v) is 1.32. The molecular weight excluding hydrogens is 210 g/mol. The molecule has 0 aliphatic carbocycles. The molecule has 2 N–H and O–H groups in total. The SMILES string of the molecule is [2H][C@@H]1[C@H]([2H])[C@@H]([2H])N(C(=O)CNC(C)=O)[C@H]1C(=O)NC. The Labute approximate surface area is 98.6 Å². The number of carbonyl (C=O) groups is 3. The number of nitrogens with zero attached hydrogens (tertiary/aromatic N) is 1. The van der Waals surface area contributed by atoms with Gasteiger partial charge in [-0.3, -0.25) is 14.4 Å². The third-order valence-corrected chi connectivity index (χ3v) is 2.13. The summed E-state index contributed by atoms with van der Waals surface area (Å²) >= 11 is 0. The Kier molecular flexibility index (Phi) is 2.93. The number of likely N-dealkylation sites (N-methyl/N-ethyl adjacent to an activating group) is 1. The van der Waals surface area contributed by atoms with Crippen molar-refractivity contribution < 1.29 is 18.5 Å². The molecule has 0 bridgehead atoms. The lowest BCUT2D eigenvalue weighted by atomic mass is 10.2. The number of rotatable bonds is 3. The summed E-state index contributed by atoms with van der Waals surface area (Å²) in [4.78, 5) is 35.3. The van der Waals surface area contributed by atoms with Crippen LogP contribution in [0.25, 0.3) is 0 Å². The first kappa shape index (κ1) is 8.55. The molecule has 6 heteroatoms. The van der Waals surface area contributed by atoms with Gasteiger partial charge < -0.3 is 15.5 Å². The lowest BCUT2D eigenvalue weighted by Gasteiger charge is -2.23. The molecule has 1 heterocycles. The second-order valence-electron chi connectivity index (χ2n) is 3.30. The van der Waals surface area contributed by atoms with Gasteiger partial charge in [-0.2, -0.15) is 0 Å². The second kappa shape index (κ2) is 5.48. The van der Waals surface area contributed by atoms with Crippen LogP contribution in [0.3, 0.4) is 0 Å². The molecule has 0 radical (unpaired) electrons. The van der Waals surface area contributed by atoms with Crippen molar-refractivity contribution in [2.75, 3.05) is 20.1 Å². The van der Waals surface area contributed by atoms with Crippen LogP contribution >= 0.6 is 0 Å². The van der Waals surface area contributed by atoms with E-state index < -0.39 is 43.1 Å². The maximum absolute atomic E-state index is 11.9. The number of likely N-dealkylation sites (tertiary alicyclic amines) is 1. The maximum atomic E-state index is 11.9.